The maximum absolute atomic E-state index is 15.5. The monoisotopic (exact) mass is 547 g/mol. The molecule has 6 aromatic rings. The van der Waals surface area contributed by atoms with Crippen LogP contribution in [0.4, 0.5) is 4.39 Å². The molecule has 0 saturated carbocycles. The molecule has 6 aromatic heterocycles. The predicted molar refractivity (Wildman–Crippen MR) is 161 cm³/mol. The van der Waals surface area contributed by atoms with Crippen LogP contribution in [-0.4, -0.2) is 53.1 Å². The molecule has 0 radical (unpaired) electrons. The maximum Gasteiger partial charge on any atom is 0.140 e. The van der Waals surface area contributed by atoms with E-state index in [0.717, 1.165) is 65.5 Å². The number of fused-ring (bicyclic) bond motifs is 4. The van der Waals surface area contributed by atoms with Crippen LogP contribution in [0.15, 0.2) is 73.6 Å². The van der Waals surface area contributed by atoms with E-state index in [9.17, 15) is 0 Å². The summed E-state index contributed by atoms with van der Waals surface area (Å²) in [6, 6.07) is 12.1. The molecule has 1 fully saturated rings. The normalized spacial score (nSPS) is 18.1. The lowest BCUT2D eigenvalue weighted by atomic mass is 9.89. The Hall–Kier alpha value is -4.17. The molecule has 1 aliphatic rings. The fourth-order valence-electron chi connectivity index (χ4n) is 6.56. The highest BCUT2D eigenvalue weighted by Crippen LogP contribution is 2.29. The Morgan fingerprint density at radius 1 is 0.951 bits per heavy atom. The van der Waals surface area contributed by atoms with Gasteiger partial charge in [0.25, 0.3) is 0 Å². The van der Waals surface area contributed by atoms with Gasteiger partial charge in [-0.15, -0.1) is 0 Å². The van der Waals surface area contributed by atoms with Crippen molar-refractivity contribution in [3.63, 3.8) is 0 Å². The van der Waals surface area contributed by atoms with Crippen molar-refractivity contribution in [2.24, 2.45) is 5.92 Å². The molecule has 0 N–H and O–H groups in total. The average molecular weight is 548 g/mol. The van der Waals surface area contributed by atoms with Crippen molar-refractivity contribution in [3.8, 4) is 5.82 Å². The highest BCUT2D eigenvalue weighted by Gasteiger charge is 2.27. The van der Waals surface area contributed by atoms with Gasteiger partial charge >= 0.3 is 0 Å². The molecule has 1 saturated heterocycles. The molecule has 1 aliphatic heterocycles. The Balaban J connectivity index is 1.08. The first-order valence-electron chi connectivity index (χ1n) is 14.5. The molecule has 0 amide bonds. The predicted octanol–water partition coefficient (Wildman–Crippen LogP) is 6.50. The number of nitrogens with zero attached hydrogens (tertiary/aromatic N) is 7. The van der Waals surface area contributed by atoms with E-state index in [1.54, 1.807) is 12.3 Å². The standard InChI is InChI=1S/C33H34FN7/c1-22-7-13-39(11-4-12-41-30-6-10-35-20-28(30)27-5-3-9-36-33(27)41)26(15-22)17-25-19-38-32(18-29(25)34)40-14-8-24-16-23(2)37-21-31(24)40/h3,5-6,8-10,14,16,18-22,26H,4,7,11-13,15,17H2,1-2H3. The number of likely N-dealkylation sites (tertiary alicyclic amines) is 1. The topological polar surface area (TPSA) is 64.7 Å². The molecule has 7 rings (SSSR count). The summed E-state index contributed by atoms with van der Waals surface area (Å²) < 4.78 is 19.7. The molecule has 7 heterocycles. The second-order valence-corrected chi connectivity index (χ2v) is 11.5. The third-order valence-electron chi connectivity index (χ3n) is 8.68. The van der Waals surface area contributed by atoms with Crippen LogP contribution >= 0.6 is 0 Å². The third kappa shape index (κ3) is 4.86. The van der Waals surface area contributed by atoms with Crippen LogP contribution in [0, 0.1) is 18.7 Å². The van der Waals surface area contributed by atoms with Crippen molar-refractivity contribution in [1.29, 1.82) is 0 Å². The minimum absolute atomic E-state index is 0.194. The van der Waals surface area contributed by atoms with Crippen molar-refractivity contribution in [3.05, 3.63) is 90.7 Å². The summed E-state index contributed by atoms with van der Waals surface area (Å²) in [5, 5.41) is 3.36. The molecular weight excluding hydrogens is 513 g/mol. The number of aromatic nitrogens is 6. The van der Waals surface area contributed by atoms with Gasteiger partial charge in [0, 0.05) is 83.6 Å². The van der Waals surface area contributed by atoms with Gasteiger partial charge in [-0.05, 0) is 75.4 Å². The smallest absolute Gasteiger partial charge is 0.140 e. The summed E-state index contributed by atoms with van der Waals surface area (Å²) >= 11 is 0. The van der Waals surface area contributed by atoms with Gasteiger partial charge in [-0.3, -0.25) is 19.4 Å². The molecule has 2 unspecified atom stereocenters. The zero-order valence-electron chi connectivity index (χ0n) is 23.5. The van der Waals surface area contributed by atoms with Gasteiger partial charge in [0.15, 0.2) is 0 Å². The van der Waals surface area contributed by atoms with Crippen LogP contribution in [0.25, 0.3) is 38.7 Å². The summed E-state index contributed by atoms with van der Waals surface area (Å²) in [5.41, 5.74) is 4.75. The number of aryl methyl sites for hydroxylation is 2. The first kappa shape index (κ1) is 25.8. The number of piperidine rings is 1. The second-order valence-electron chi connectivity index (χ2n) is 11.5. The number of halogens is 1. The van der Waals surface area contributed by atoms with Gasteiger partial charge in [-0.25, -0.2) is 14.4 Å². The van der Waals surface area contributed by atoms with E-state index in [2.05, 4.69) is 48.5 Å². The van der Waals surface area contributed by atoms with Crippen molar-refractivity contribution in [2.45, 2.75) is 52.1 Å². The van der Waals surface area contributed by atoms with Crippen molar-refractivity contribution >= 4 is 32.8 Å². The minimum atomic E-state index is -0.194. The lowest BCUT2D eigenvalue weighted by molar-refractivity contribution is 0.114. The Kier molecular flexibility index (Phi) is 6.71. The quantitative estimate of drug-likeness (QED) is 0.228. The number of pyridine rings is 4. The fourth-order valence-corrected chi connectivity index (χ4v) is 6.56. The molecule has 8 heteroatoms. The number of hydrogen-bond donors (Lipinski definition) is 0. The lowest BCUT2D eigenvalue weighted by Crippen LogP contribution is -2.44. The highest BCUT2D eigenvalue weighted by atomic mass is 19.1. The second kappa shape index (κ2) is 10.7. The van der Waals surface area contributed by atoms with Gasteiger partial charge < -0.3 is 4.57 Å². The van der Waals surface area contributed by atoms with Crippen molar-refractivity contribution in [1.82, 2.24) is 34.0 Å². The van der Waals surface area contributed by atoms with E-state index in [1.807, 2.05) is 60.7 Å². The van der Waals surface area contributed by atoms with Gasteiger partial charge in [0.2, 0.25) is 0 Å². The first-order valence-corrected chi connectivity index (χ1v) is 14.5. The molecule has 2 atom stereocenters. The zero-order valence-corrected chi connectivity index (χ0v) is 23.5. The zero-order chi connectivity index (χ0) is 27.9. The van der Waals surface area contributed by atoms with E-state index < -0.39 is 0 Å². The van der Waals surface area contributed by atoms with Gasteiger partial charge in [-0.1, -0.05) is 6.92 Å². The lowest BCUT2D eigenvalue weighted by Gasteiger charge is -2.39. The van der Waals surface area contributed by atoms with Crippen LogP contribution in [0.3, 0.4) is 0 Å². The molecule has 41 heavy (non-hydrogen) atoms. The van der Waals surface area contributed by atoms with E-state index >= 15 is 4.39 Å². The van der Waals surface area contributed by atoms with E-state index in [4.69, 9.17) is 0 Å². The van der Waals surface area contributed by atoms with E-state index in [0.29, 0.717) is 29.8 Å². The largest absolute Gasteiger partial charge is 0.325 e. The fraction of sp³-hybridized carbons (Fsp3) is 0.333. The van der Waals surface area contributed by atoms with Crippen LogP contribution in [0.2, 0.25) is 0 Å². The Labute approximate surface area is 238 Å². The summed E-state index contributed by atoms with van der Waals surface area (Å²) in [7, 11) is 0. The van der Waals surface area contributed by atoms with Crippen LogP contribution in [0.1, 0.15) is 37.4 Å². The van der Waals surface area contributed by atoms with E-state index in [1.165, 1.54) is 11.9 Å². The summed E-state index contributed by atoms with van der Waals surface area (Å²) in [5.74, 6) is 1.01. The molecule has 0 spiro atoms. The van der Waals surface area contributed by atoms with Gasteiger partial charge in [-0.2, -0.15) is 0 Å². The molecule has 7 nitrogen and oxygen atoms in total. The summed E-state index contributed by atoms with van der Waals surface area (Å²) in [6.07, 6.45) is 15.0. The van der Waals surface area contributed by atoms with Crippen LogP contribution < -0.4 is 0 Å². The van der Waals surface area contributed by atoms with Crippen molar-refractivity contribution < 1.29 is 4.39 Å². The number of hydrogen-bond acceptors (Lipinski definition) is 5. The average Bonchev–Trinajstić information content (AvgIpc) is 3.54. The van der Waals surface area contributed by atoms with Gasteiger partial charge in [0.1, 0.15) is 17.3 Å². The minimum Gasteiger partial charge on any atom is -0.325 e. The molecule has 0 bridgehead atoms. The first-order chi connectivity index (χ1) is 20.0. The number of rotatable bonds is 7. The Morgan fingerprint density at radius 3 is 2.78 bits per heavy atom. The Bertz CT molecular complexity index is 1800. The highest BCUT2D eigenvalue weighted by molar-refractivity contribution is 6.06. The molecule has 0 aliphatic carbocycles. The van der Waals surface area contributed by atoms with Crippen LogP contribution in [0.5, 0.6) is 0 Å². The SMILES string of the molecule is Cc1cc2ccn(-c3cc(F)c(CC4CC(C)CCN4CCCn4c5ccncc5c5cccnc54)cn3)c2cn1. The third-order valence-corrected chi connectivity index (χ3v) is 8.68. The van der Waals surface area contributed by atoms with E-state index in [-0.39, 0.29) is 5.82 Å². The Morgan fingerprint density at radius 2 is 1.88 bits per heavy atom. The molecule has 0 aromatic carbocycles. The molecule has 208 valence electrons. The van der Waals surface area contributed by atoms with Gasteiger partial charge in [0.05, 0.1) is 17.2 Å². The molecular formula is C33H34FN7. The summed E-state index contributed by atoms with van der Waals surface area (Å²) in [6.45, 7) is 7.16. The summed E-state index contributed by atoms with van der Waals surface area (Å²) in [4.78, 5) is 20.7. The van der Waals surface area contributed by atoms with Crippen molar-refractivity contribution in [2.75, 3.05) is 13.1 Å². The maximum atomic E-state index is 15.5. The van der Waals surface area contributed by atoms with Crippen LogP contribution in [-0.2, 0) is 13.0 Å².